The molecule has 0 saturated carbocycles. The minimum absolute atomic E-state index is 0.0498. The van der Waals surface area contributed by atoms with Crippen LogP contribution in [-0.2, 0) is 17.8 Å². The maximum Gasteiger partial charge on any atom is 0.307 e. The Labute approximate surface area is 155 Å². The summed E-state index contributed by atoms with van der Waals surface area (Å²) < 4.78 is 1.03. The lowest BCUT2D eigenvalue weighted by Gasteiger charge is -2.18. The van der Waals surface area contributed by atoms with Crippen LogP contribution in [0.3, 0.4) is 0 Å². The molecule has 2 aromatic carbocycles. The van der Waals surface area contributed by atoms with Gasteiger partial charge in [-0.1, -0.05) is 40.2 Å². The first-order valence-electron chi connectivity index (χ1n) is 8.04. The number of carbonyl (C=O) groups is 1. The smallest absolute Gasteiger partial charge is 0.307 e. The summed E-state index contributed by atoms with van der Waals surface area (Å²) in [6.07, 6.45) is -0.0498. The lowest BCUT2D eigenvalue weighted by atomic mass is 10.00. The number of halogens is 1. The van der Waals surface area contributed by atoms with Gasteiger partial charge in [-0.15, -0.1) is 0 Å². The number of aryl methyl sites for hydroxylation is 2. The molecule has 0 aliphatic heterocycles. The molecule has 1 heterocycles. The molecule has 3 rings (SSSR count). The standard InChI is InChI=1S/C20H19BrN2O2/c1-12-4-3-5-17-19(12)20(16(10-18(24)25)13(2)23-17)22-11-14-6-8-15(21)9-7-14/h3-9H,10-11H2,1-2H3,(H,22,23)(H,24,25). The summed E-state index contributed by atoms with van der Waals surface area (Å²) in [6.45, 7) is 4.51. The average Bonchev–Trinajstić information content (AvgIpc) is 2.56. The SMILES string of the molecule is Cc1nc2cccc(C)c2c(NCc2ccc(Br)cc2)c1CC(=O)O. The summed E-state index contributed by atoms with van der Waals surface area (Å²) in [5.41, 5.74) is 5.44. The molecule has 3 aromatic rings. The van der Waals surface area contributed by atoms with Crippen LogP contribution in [0.1, 0.15) is 22.4 Å². The fraction of sp³-hybridized carbons (Fsp3) is 0.200. The number of anilines is 1. The van der Waals surface area contributed by atoms with Gasteiger partial charge in [-0.05, 0) is 43.2 Å². The van der Waals surface area contributed by atoms with Gasteiger partial charge >= 0.3 is 5.97 Å². The van der Waals surface area contributed by atoms with Crippen molar-refractivity contribution >= 4 is 38.5 Å². The quantitative estimate of drug-likeness (QED) is 0.644. The number of aliphatic carboxylic acids is 1. The molecular weight excluding hydrogens is 380 g/mol. The molecular formula is C20H19BrN2O2. The Hall–Kier alpha value is -2.40. The molecule has 0 fully saturated rings. The number of hydrogen-bond acceptors (Lipinski definition) is 3. The highest BCUT2D eigenvalue weighted by Gasteiger charge is 2.16. The van der Waals surface area contributed by atoms with E-state index < -0.39 is 5.97 Å². The third kappa shape index (κ3) is 3.82. The van der Waals surface area contributed by atoms with Crippen molar-refractivity contribution in [2.75, 3.05) is 5.32 Å². The van der Waals surface area contributed by atoms with E-state index in [1.165, 1.54) is 0 Å². The molecule has 0 spiro atoms. The van der Waals surface area contributed by atoms with Crippen LogP contribution in [-0.4, -0.2) is 16.1 Å². The second-order valence-corrected chi connectivity index (χ2v) is 6.99. The maximum atomic E-state index is 11.3. The Morgan fingerprint density at radius 1 is 1.16 bits per heavy atom. The Balaban J connectivity index is 2.08. The van der Waals surface area contributed by atoms with Crippen molar-refractivity contribution in [3.05, 3.63) is 69.3 Å². The third-order valence-corrected chi connectivity index (χ3v) is 4.77. The zero-order valence-electron chi connectivity index (χ0n) is 14.1. The van der Waals surface area contributed by atoms with Gasteiger partial charge in [0.1, 0.15) is 0 Å². The summed E-state index contributed by atoms with van der Waals surface area (Å²) in [7, 11) is 0. The first-order chi connectivity index (χ1) is 12.0. The van der Waals surface area contributed by atoms with Crippen LogP contribution in [0.25, 0.3) is 10.9 Å². The summed E-state index contributed by atoms with van der Waals surface area (Å²) in [4.78, 5) is 16.0. The predicted molar refractivity (Wildman–Crippen MR) is 104 cm³/mol. The second-order valence-electron chi connectivity index (χ2n) is 6.07. The van der Waals surface area contributed by atoms with E-state index in [1.807, 2.05) is 56.3 Å². The fourth-order valence-electron chi connectivity index (χ4n) is 3.01. The lowest BCUT2D eigenvalue weighted by molar-refractivity contribution is -0.136. The first kappa shape index (κ1) is 17.4. The Bertz CT molecular complexity index is 937. The van der Waals surface area contributed by atoms with Crippen molar-refractivity contribution in [2.24, 2.45) is 0 Å². The van der Waals surface area contributed by atoms with Gasteiger partial charge in [0.05, 0.1) is 11.9 Å². The summed E-state index contributed by atoms with van der Waals surface area (Å²) in [5.74, 6) is -0.857. The summed E-state index contributed by atoms with van der Waals surface area (Å²) in [5, 5.41) is 13.8. The highest BCUT2D eigenvalue weighted by molar-refractivity contribution is 9.10. The van der Waals surface area contributed by atoms with E-state index >= 15 is 0 Å². The zero-order chi connectivity index (χ0) is 18.0. The van der Waals surface area contributed by atoms with Crippen LogP contribution in [0.4, 0.5) is 5.69 Å². The molecule has 0 radical (unpaired) electrons. The minimum atomic E-state index is -0.857. The molecule has 0 atom stereocenters. The number of carboxylic acids is 1. The van der Waals surface area contributed by atoms with Crippen LogP contribution < -0.4 is 5.32 Å². The molecule has 1 aromatic heterocycles. The van der Waals surface area contributed by atoms with Gasteiger partial charge in [0.15, 0.2) is 0 Å². The normalized spacial score (nSPS) is 10.8. The van der Waals surface area contributed by atoms with E-state index in [9.17, 15) is 9.90 Å². The van der Waals surface area contributed by atoms with Gasteiger partial charge in [0, 0.05) is 33.3 Å². The van der Waals surface area contributed by atoms with Crippen LogP contribution >= 0.6 is 15.9 Å². The van der Waals surface area contributed by atoms with Crippen LogP contribution in [0, 0.1) is 13.8 Å². The third-order valence-electron chi connectivity index (χ3n) is 4.24. The van der Waals surface area contributed by atoms with Gasteiger partial charge in [-0.2, -0.15) is 0 Å². The molecule has 0 aliphatic carbocycles. The first-order valence-corrected chi connectivity index (χ1v) is 8.84. The Kier molecular flexibility index (Phi) is 5.04. The van der Waals surface area contributed by atoms with Crippen LogP contribution in [0.2, 0.25) is 0 Å². The predicted octanol–water partition coefficient (Wildman–Crippen LogP) is 4.85. The monoisotopic (exact) mass is 398 g/mol. The van der Waals surface area contributed by atoms with Crippen molar-refractivity contribution in [2.45, 2.75) is 26.8 Å². The van der Waals surface area contributed by atoms with Gasteiger partial charge in [-0.3, -0.25) is 9.78 Å². The number of benzene rings is 2. The minimum Gasteiger partial charge on any atom is -0.481 e. The maximum absolute atomic E-state index is 11.3. The molecule has 2 N–H and O–H groups in total. The Morgan fingerprint density at radius 3 is 2.56 bits per heavy atom. The van der Waals surface area contributed by atoms with E-state index in [-0.39, 0.29) is 6.42 Å². The van der Waals surface area contributed by atoms with Crippen molar-refractivity contribution in [1.29, 1.82) is 0 Å². The molecule has 0 bridgehead atoms. The molecule has 128 valence electrons. The van der Waals surface area contributed by atoms with E-state index in [2.05, 4.69) is 26.2 Å². The topological polar surface area (TPSA) is 62.2 Å². The van der Waals surface area contributed by atoms with Crippen LogP contribution in [0.15, 0.2) is 46.9 Å². The van der Waals surface area contributed by atoms with Crippen molar-refractivity contribution < 1.29 is 9.90 Å². The zero-order valence-corrected chi connectivity index (χ0v) is 15.7. The Morgan fingerprint density at radius 2 is 1.88 bits per heavy atom. The number of fused-ring (bicyclic) bond motifs is 1. The molecule has 0 saturated heterocycles. The molecule has 0 unspecified atom stereocenters. The largest absolute Gasteiger partial charge is 0.481 e. The van der Waals surface area contributed by atoms with Gasteiger partial charge in [0.25, 0.3) is 0 Å². The molecule has 25 heavy (non-hydrogen) atoms. The molecule has 0 amide bonds. The number of nitrogens with zero attached hydrogens (tertiary/aromatic N) is 1. The van der Waals surface area contributed by atoms with E-state index in [4.69, 9.17) is 0 Å². The second kappa shape index (κ2) is 7.23. The highest BCUT2D eigenvalue weighted by Crippen LogP contribution is 2.32. The van der Waals surface area contributed by atoms with E-state index in [0.29, 0.717) is 6.54 Å². The molecule has 5 heteroatoms. The fourth-order valence-corrected chi connectivity index (χ4v) is 3.27. The average molecular weight is 399 g/mol. The number of carboxylic acid groups (broad SMARTS) is 1. The lowest BCUT2D eigenvalue weighted by Crippen LogP contribution is -2.10. The van der Waals surface area contributed by atoms with Gasteiger partial charge in [0.2, 0.25) is 0 Å². The number of hydrogen-bond donors (Lipinski definition) is 2. The molecule has 0 aliphatic rings. The van der Waals surface area contributed by atoms with Crippen molar-refractivity contribution in [1.82, 2.24) is 4.98 Å². The summed E-state index contributed by atoms with van der Waals surface area (Å²) >= 11 is 3.44. The number of rotatable bonds is 5. The van der Waals surface area contributed by atoms with Crippen molar-refractivity contribution in [3.8, 4) is 0 Å². The summed E-state index contributed by atoms with van der Waals surface area (Å²) in [6, 6.07) is 14.0. The molecule has 4 nitrogen and oxygen atoms in total. The van der Waals surface area contributed by atoms with E-state index in [1.54, 1.807) is 0 Å². The van der Waals surface area contributed by atoms with E-state index in [0.717, 1.165) is 43.4 Å². The number of aromatic nitrogens is 1. The van der Waals surface area contributed by atoms with Crippen LogP contribution in [0.5, 0.6) is 0 Å². The number of pyridine rings is 1. The van der Waals surface area contributed by atoms with Crippen molar-refractivity contribution in [3.63, 3.8) is 0 Å². The van der Waals surface area contributed by atoms with Gasteiger partial charge in [-0.25, -0.2) is 0 Å². The highest BCUT2D eigenvalue weighted by atomic mass is 79.9. The number of nitrogens with one attached hydrogen (secondary N) is 1. The van der Waals surface area contributed by atoms with Gasteiger partial charge < -0.3 is 10.4 Å².